The lowest BCUT2D eigenvalue weighted by atomic mass is 10.0. The molecule has 1 fully saturated rings. The standard InChI is InChI=1S/C22H22FN3O3/c1-14-3-4-18(13-20(14)21-9-15(2)29-25-21)24-22(27)16-10-17(23)12-19(11-16)26-5-7-28-8-6-26/h3-4,9-13H,5-8H2,1-2H3,(H,24,27). The highest BCUT2D eigenvalue weighted by Crippen LogP contribution is 2.27. The van der Waals surface area contributed by atoms with Gasteiger partial charge in [0.1, 0.15) is 17.3 Å². The van der Waals surface area contributed by atoms with Crippen molar-refractivity contribution in [1.29, 1.82) is 0 Å². The Morgan fingerprint density at radius 2 is 1.90 bits per heavy atom. The van der Waals surface area contributed by atoms with Gasteiger partial charge in [0, 0.05) is 41.7 Å². The fourth-order valence-corrected chi connectivity index (χ4v) is 3.38. The molecule has 2 heterocycles. The number of nitrogens with one attached hydrogen (secondary N) is 1. The number of ether oxygens (including phenoxy) is 1. The quantitative estimate of drug-likeness (QED) is 0.718. The zero-order valence-electron chi connectivity index (χ0n) is 16.4. The van der Waals surface area contributed by atoms with Crippen molar-refractivity contribution in [2.45, 2.75) is 13.8 Å². The van der Waals surface area contributed by atoms with E-state index < -0.39 is 5.82 Å². The molecule has 29 heavy (non-hydrogen) atoms. The summed E-state index contributed by atoms with van der Waals surface area (Å²) < 4.78 is 24.7. The molecule has 1 N–H and O–H groups in total. The lowest BCUT2D eigenvalue weighted by molar-refractivity contribution is 0.102. The van der Waals surface area contributed by atoms with Gasteiger partial charge in [-0.1, -0.05) is 11.2 Å². The molecular formula is C22H22FN3O3. The maximum atomic E-state index is 14.2. The molecule has 0 saturated carbocycles. The van der Waals surface area contributed by atoms with Crippen LogP contribution in [-0.2, 0) is 4.74 Å². The summed E-state index contributed by atoms with van der Waals surface area (Å²) in [4.78, 5) is 14.8. The van der Waals surface area contributed by atoms with E-state index in [1.54, 1.807) is 6.07 Å². The van der Waals surface area contributed by atoms with Gasteiger partial charge >= 0.3 is 0 Å². The number of hydrogen-bond acceptors (Lipinski definition) is 5. The summed E-state index contributed by atoms with van der Waals surface area (Å²) in [6.07, 6.45) is 0. The van der Waals surface area contributed by atoms with Crippen LogP contribution in [0.2, 0.25) is 0 Å². The van der Waals surface area contributed by atoms with Crippen molar-refractivity contribution < 1.29 is 18.4 Å². The van der Waals surface area contributed by atoms with E-state index in [1.807, 2.05) is 43.0 Å². The summed E-state index contributed by atoms with van der Waals surface area (Å²) in [7, 11) is 0. The van der Waals surface area contributed by atoms with Gasteiger partial charge in [-0.2, -0.15) is 0 Å². The molecule has 1 aliphatic rings. The summed E-state index contributed by atoms with van der Waals surface area (Å²) in [5.74, 6) is -0.101. The average molecular weight is 395 g/mol. The van der Waals surface area contributed by atoms with Crippen LogP contribution in [0.15, 0.2) is 47.0 Å². The number of morpholine rings is 1. The van der Waals surface area contributed by atoms with Gasteiger partial charge in [-0.3, -0.25) is 4.79 Å². The molecule has 0 unspecified atom stereocenters. The van der Waals surface area contributed by atoms with E-state index in [9.17, 15) is 9.18 Å². The fourth-order valence-electron chi connectivity index (χ4n) is 3.38. The first-order valence-electron chi connectivity index (χ1n) is 9.48. The molecule has 0 bridgehead atoms. The predicted octanol–water partition coefficient (Wildman–Crippen LogP) is 4.19. The normalized spacial score (nSPS) is 14.1. The Morgan fingerprint density at radius 3 is 2.62 bits per heavy atom. The number of benzene rings is 2. The van der Waals surface area contributed by atoms with Crippen LogP contribution in [0.1, 0.15) is 21.7 Å². The Labute approximate surface area is 168 Å². The Hall–Kier alpha value is -3.19. The lowest BCUT2D eigenvalue weighted by Gasteiger charge is -2.29. The maximum Gasteiger partial charge on any atom is 0.255 e. The number of aryl methyl sites for hydroxylation is 2. The lowest BCUT2D eigenvalue weighted by Crippen LogP contribution is -2.36. The molecule has 150 valence electrons. The fraction of sp³-hybridized carbons (Fsp3) is 0.273. The second-order valence-corrected chi connectivity index (χ2v) is 7.10. The summed E-state index contributed by atoms with van der Waals surface area (Å²) in [5.41, 5.74) is 4.14. The monoisotopic (exact) mass is 395 g/mol. The minimum absolute atomic E-state index is 0.269. The first-order chi connectivity index (χ1) is 14.0. The molecule has 1 aliphatic heterocycles. The van der Waals surface area contributed by atoms with Crippen molar-refractivity contribution in [3.63, 3.8) is 0 Å². The number of halogens is 1. The topological polar surface area (TPSA) is 67.6 Å². The van der Waals surface area contributed by atoms with Crippen LogP contribution in [0, 0.1) is 19.7 Å². The van der Waals surface area contributed by atoms with Gasteiger partial charge in [-0.05, 0) is 49.7 Å². The SMILES string of the molecule is Cc1cc(-c2cc(NC(=O)c3cc(F)cc(N4CCOCC4)c3)ccc2C)no1. The zero-order valence-corrected chi connectivity index (χ0v) is 16.4. The highest BCUT2D eigenvalue weighted by atomic mass is 19.1. The van der Waals surface area contributed by atoms with Crippen LogP contribution >= 0.6 is 0 Å². The van der Waals surface area contributed by atoms with Crippen molar-refractivity contribution in [3.8, 4) is 11.3 Å². The predicted molar refractivity (Wildman–Crippen MR) is 109 cm³/mol. The molecule has 3 aromatic rings. The van der Waals surface area contributed by atoms with E-state index >= 15 is 0 Å². The molecule has 1 saturated heterocycles. The Morgan fingerprint density at radius 1 is 1.10 bits per heavy atom. The molecule has 0 spiro atoms. The average Bonchev–Trinajstić information content (AvgIpc) is 3.15. The Bertz CT molecular complexity index is 1040. The van der Waals surface area contributed by atoms with Gasteiger partial charge in [0.2, 0.25) is 0 Å². The van der Waals surface area contributed by atoms with Gasteiger partial charge in [0.25, 0.3) is 5.91 Å². The summed E-state index contributed by atoms with van der Waals surface area (Å²) in [5, 5.41) is 6.90. The molecule has 0 aliphatic carbocycles. The summed E-state index contributed by atoms with van der Waals surface area (Å²) >= 11 is 0. The van der Waals surface area contributed by atoms with Crippen molar-refractivity contribution >= 4 is 17.3 Å². The van der Waals surface area contributed by atoms with E-state index in [-0.39, 0.29) is 11.5 Å². The van der Waals surface area contributed by atoms with Crippen LogP contribution in [-0.4, -0.2) is 37.4 Å². The largest absolute Gasteiger partial charge is 0.378 e. The van der Waals surface area contributed by atoms with E-state index in [0.29, 0.717) is 49.1 Å². The van der Waals surface area contributed by atoms with Crippen molar-refractivity contribution in [2.75, 3.05) is 36.5 Å². The van der Waals surface area contributed by atoms with Crippen LogP contribution in [0.3, 0.4) is 0 Å². The number of hydrogen-bond donors (Lipinski definition) is 1. The number of carbonyl (C=O) groups excluding carboxylic acids is 1. The van der Waals surface area contributed by atoms with Crippen LogP contribution in [0.4, 0.5) is 15.8 Å². The number of aromatic nitrogens is 1. The Balaban J connectivity index is 1.57. The van der Waals surface area contributed by atoms with Crippen LogP contribution in [0.25, 0.3) is 11.3 Å². The molecule has 0 atom stereocenters. The third-order valence-corrected chi connectivity index (χ3v) is 4.92. The second kappa shape index (κ2) is 8.05. The molecule has 4 rings (SSSR count). The second-order valence-electron chi connectivity index (χ2n) is 7.10. The minimum atomic E-state index is -0.443. The third-order valence-electron chi connectivity index (χ3n) is 4.92. The minimum Gasteiger partial charge on any atom is -0.378 e. The summed E-state index contributed by atoms with van der Waals surface area (Å²) in [6.45, 7) is 6.31. The van der Waals surface area contributed by atoms with E-state index in [0.717, 1.165) is 11.1 Å². The van der Waals surface area contributed by atoms with Crippen molar-refractivity contribution in [2.24, 2.45) is 0 Å². The van der Waals surface area contributed by atoms with Gasteiger partial charge < -0.3 is 19.5 Å². The van der Waals surface area contributed by atoms with Gasteiger partial charge in [-0.25, -0.2) is 4.39 Å². The number of anilines is 2. The van der Waals surface area contributed by atoms with Crippen molar-refractivity contribution in [1.82, 2.24) is 5.16 Å². The van der Waals surface area contributed by atoms with Crippen LogP contribution in [0.5, 0.6) is 0 Å². The smallest absolute Gasteiger partial charge is 0.255 e. The number of carbonyl (C=O) groups is 1. The number of rotatable bonds is 4. The maximum absolute atomic E-state index is 14.2. The van der Waals surface area contributed by atoms with Gasteiger partial charge in [0.05, 0.1) is 13.2 Å². The molecular weight excluding hydrogens is 373 g/mol. The molecule has 2 aromatic carbocycles. The zero-order chi connectivity index (χ0) is 20.4. The Kier molecular flexibility index (Phi) is 5.31. The molecule has 0 radical (unpaired) electrons. The van der Waals surface area contributed by atoms with Crippen molar-refractivity contribution in [3.05, 3.63) is 65.2 Å². The molecule has 6 nitrogen and oxygen atoms in total. The number of nitrogens with zero attached hydrogens (tertiary/aromatic N) is 2. The van der Waals surface area contributed by atoms with Gasteiger partial charge in [-0.15, -0.1) is 0 Å². The molecule has 1 aromatic heterocycles. The highest BCUT2D eigenvalue weighted by Gasteiger charge is 2.16. The van der Waals surface area contributed by atoms with Crippen LogP contribution < -0.4 is 10.2 Å². The van der Waals surface area contributed by atoms with E-state index in [2.05, 4.69) is 10.5 Å². The molecule has 7 heteroatoms. The van der Waals surface area contributed by atoms with Gasteiger partial charge in [0.15, 0.2) is 0 Å². The first kappa shape index (κ1) is 19.1. The third kappa shape index (κ3) is 4.30. The van der Waals surface area contributed by atoms with E-state index in [4.69, 9.17) is 9.26 Å². The molecule has 1 amide bonds. The van der Waals surface area contributed by atoms with E-state index in [1.165, 1.54) is 12.1 Å². The number of amides is 1. The highest BCUT2D eigenvalue weighted by molar-refractivity contribution is 6.05. The first-order valence-corrected chi connectivity index (χ1v) is 9.48. The summed E-state index contributed by atoms with van der Waals surface area (Å²) in [6, 6.07) is 11.8.